The molecular weight excluding hydrogens is 386 g/mol. The van der Waals surface area contributed by atoms with E-state index in [0.29, 0.717) is 24.7 Å². The number of rotatable bonds is 7. The van der Waals surface area contributed by atoms with Crippen LogP contribution in [0.1, 0.15) is 5.69 Å². The van der Waals surface area contributed by atoms with Crippen LogP contribution in [0.4, 0.5) is 0 Å². The Kier molecular flexibility index (Phi) is 6.53. The van der Waals surface area contributed by atoms with Gasteiger partial charge in [-0.05, 0) is 12.1 Å². The number of aromatic amines is 1. The van der Waals surface area contributed by atoms with E-state index >= 15 is 0 Å². The molecule has 0 spiro atoms. The number of ether oxygens (including phenoxy) is 3. The number of fused-ring (bicyclic) bond motifs is 1. The van der Waals surface area contributed by atoms with Gasteiger partial charge in [0.2, 0.25) is 5.91 Å². The van der Waals surface area contributed by atoms with Crippen molar-refractivity contribution in [3.63, 3.8) is 0 Å². The highest BCUT2D eigenvalue weighted by atomic mass is 32.2. The second-order valence-electron chi connectivity index (χ2n) is 5.89. The van der Waals surface area contributed by atoms with Crippen LogP contribution < -0.4 is 20.3 Å². The minimum Gasteiger partial charge on any atom is -0.486 e. The van der Waals surface area contributed by atoms with Crippen molar-refractivity contribution in [1.29, 1.82) is 0 Å². The summed E-state index contributed by atoms with van der Waals surface area (Å²) >= 11 is 1.06. The van der Waals surface area contributed by atoms with Crippen LogP contribution in [0.3, 0.4) is 0 Å². The maximum atomic E-state index is 12.1. The quantitative estimate of drug-likeness (QED) is 0.389. The lowest BCUT2D eigenvalue weighted by molar-refractivity contribution is -0.139. The summed E-state index contributed by atoms with van der Waals surface area (Å²) in [5, 5.41) is 3.02. The smallest absolute Gasteiger partial charge is 0.311 e. The molecule has 3 rings (SSSR count). The number of carbonyl (C=O) groups excluding carboxylic acids is 2. The van der Waals surface area contributed by atoms with Gasteiger partial charge in [0.25, 0.3) is 5.56 Å². The predicted molar refractivity (Wildman–Crippen MR) is 101 cm³/mol. The van der Waals surface area contributed by atoms with Crippen molar-refractivity contribution >= 4 is 23.6 Å². The Morgan fingerprint density at radius 1 is 1.36 bits per heavy atom. The molecular formula is C18H19N3O6S. The van der Waals surface area contributed by atoms with Gasteiger partial charge in [0.05, 0.1) is 31.5 Å². The zero-order valence-electron chi connectivity index (χ0n) is 15.1. The molecule has 0 saturated carbocycles. The van der Waals surface area contributed by atoms with Crippen LogP contribution in [0, 0.1) is 0 Å². The second-order valence-corrected chi connectivity index (χ2v) is 6.85. The first-order valence-corrected chi connectivity index (χ1v) is 9.47. The summed E-state index contributed by atoms with van der Waals surface area (Å²) in [6.07, 6.45) is -0.397. The molecule has 148 valence electrons. The molecule has 0 bridgehead atoms. The molecule has 0 fully saturated rings. The van der Waals surface area contributed by atoms with E-state index < -0.39 is 11.5 Å². The normalized spacial score (nSPS) is 15.0. The molecule has 10 heteroatoms. The number of thioether (sulfide) groups is 1. The summed E-state index contributed by atoms with van der Waals surface area (Å²) in [4.78, 5) is 41.7. The van der Waals surface area contributed by atoms with Crippen molar-refractivity contribution < 1.29 is 23.8 Å². The Labute approximate surface area is 164 Å². The number of para-hydroxylation sites is 2. The molecule has 0 saturated heterocycles. The van der Waals surface area contributed by atoms with Crippen LogP contribution in [0.25, 0.3) is 0 Å². The Hall–Kier alpha value is -3.01. The molecule has 2 aromatic rings. The molecule has 28 heavy (non-hydrogen) atoms. The zero-order valence-corrected chi connectivity index (χ0v) is 15.9. The third kappa shape index (κ3) is 5.49. The summed E-state index contributed by atoms with van der Waals surface area (Å²) in [7, 11) is 1.26. The number of methoxy groups -OCH3 is 1. The predicted octanol–water partition coefficient (Wildman–Crippen LogP) is 0.534. The molecule has 1 aliphatic rings. The third-order valence-corrected chi connectivity index (χ3v) is 4.63. The van der Waals surface area contributed by atoms with Gasteiger partial charge in [0.1, 0.15) is 12.7 Å². The van der Waals surface area contributed by atoms with Gasteiger partial charge in [-0.1, -0.05) is 23.9 Å². The Morgan fingerprint density at radius 3 is 2.93 bits per heavy atom. The maximum Gasteiger partial charge on any atom is 0.311 e. The molecule has 1 aromatic heterocycles. The molecule has 9 nitrogen and oxygen atoms in total. The summed E-state index contributed by atoms with van der Waals surface area (Å²) in [5.41, 5.74) is -0.117. The summed E-state index contributed by atoms with van der Waals surface area (Å²) < 4.78 is 15.9. The first-order valence-electron chi connectivity index (χ1n) is 8.48. The third-order valence-electron chi connectivity index (χ3n) is 3.76. The van der Waals surface area contributed by atoms with Gasteiger partial charge in [0.15, 0.2) is 16.7 Å². The molecule has 2 heterocycles. The average molecular weight is 405 g/mol. The van der Waals surface area contributed by atoms with Crippen LogP contribution in [-0.2, 0) is 20.7 Å². The fourth-order valence-corrected chi connectivity index (χ4v) is 3.16. The van der Waals surface area contributed by atoms with Crippen molar-refractivity contribution in [1.82, 2.24) is 15.3 Å². The SMILES string of the molecule is COC(=O)Cc1cc(=O)[nH]c(SCC(=O)NC[C@H]2COc3ccccc3O2)n1. The molecule has 1 aliphatic heterocycles. The van der Waals surface area contributed by atoms with E-state index in [1.165, 1.54) is 13.2 Å². The largest absolute Gasteiger partial charge is 0.486 e. The van der Waals surface area contributed by atoms with Crippen molar-refractivity contribution in [3.05, 3.63) is 46.4 Å². The number of H-pyrrole nitrogens is 1. The van der Waals surface area contributed by atoms with Crippen LogP contribution in [0.2, 0.25) is 0 Å². The van der Waals surface area contributed by atoms with Gasteiger partial charge < -0.3 is 24.5 Å². The number of aromatic nitrogens is 2. The minimum absolute atomic E-state index is 0.0504. The number of nitrogens with one attached hydrogen (secondary N) is 2. The fourth-order valence-electron chi connectivity index (χ4n) is 2.44. The van der Waals surface area contributed by atoms with E-state index in [1.54, 1.807) is 0 Å². The lowest BCUT2D eigenvalue weighted by Gasteiger charge is -2.26. The summed E-state index contributed by atoms with van der Waals surface area (Å²) in [6.45, 7) is 0.634. The monoisotopic (exact) mass is 405 g/mol. The Morgan fingerprint density at radius 2 is 2.14 bits per heavy atom. The number of benzene rings is 1. The van der Waals surface area contributed by atoms with Gasteiger partial charge in [-0.3, -0.25) is 14.4 Å². The lowest BCUT2D eigenvalue weighted by atomic mass is 10.2. The Bertz CT molecular complexity index is 916. The molecule has 0 radical (unpaired) electrons. The van der Waals surface area contributed by atoms with Crippen molar-refractivity contribution in [2.75, 3.05) is 26.0 Å². The molecule has 1 aromatic carbocycles. The second kappa shape index (κ2) is 9.27. The van der Waals surface area contributed by atoms with E-state index in [-0.39, 0.29) is 35.0 Å². The first-order chi connectivity index (χ1) is 13.5. The summed E-state index contributed by atoms with van der Waals surface area (Å²) in [6, 6.07) is 8.56. The number of esters is 1. The van der Waals surface area contributed by atoms with Crippen molar-refractivity contribution in [2.24, 2.45) is 0 Å². The van der Waals surface area contributed by atoms with Crippen molar-refractivity contribution in [2.45, 2.75) is 17.7 Å². The first kappa shape index (κ1) is 19.7. The lowest BCUT2D eigenvalue weighted by Crippen LogP contribution is -2.41. The fraction of sp³-hybridized carbons (Fsp3) is 0.333. The highest BCUT2D eigenvalue weighted by Crippen LogP contribution is 2.30. The average Bonchev–Trinajstić information content (AvgIpc) is 2.70. The van der Waals surface area contributed by atoms with Crippen molar-refractivity contribution in [3.8, 4) is 11.5 Å². The highest BCUT2D eigenvalue weighted by molar-refractivity contribution is 7.99. The van der Waals surface area contributed by atoms with Gasteiger partial charge in [0, 0.05) is 6.07 Å². The van der Waals surface area contributed by atoms with Crippen LogP contribution in [0.15, 0.2) is 40.3 Å². The van der Waals surface area contributed by atoms with Crippen LogP contribution in [0.5, 0.6) is 11.5 Å². The standard InChI is InChI=1S/C18H19N3O6S/c1-25-17(24)7-11-6-15(22)21-18(20-11)28-10-16(23)19-8-12-9-26-13-4-2-3-5-14(13)27-12/h2-6,12H,7-10H2,1H3,(H,19,23)(H,20,21,22)/t12-/m0/s1. The van der Waals surface area contributed by atoms with Crippen LogP contribution >= 0.6 is 11.8 Å². The molecule has 1 atom stereocenters. The van der Waals surface area contributed by atoms with E-state index in [9.17, 15) is 14.4 Å². The molecule has 0 unspecified atom stereocenters. The highest BCUT2D eigenvalue weighted by Gasteiger charge is 2.21. The van der Waals surface area contributed by atoms with Gasteiger partial charge in [-0.2, -0.15) is 0 Å². The maximum absolute atomic E-state index is 12.1. The molecule has 1 amide bonds. The molecule has 2 N–H and O–H groups in total. The van der Waals surface area contributed by atoms with Crippen LogP contribution in [-0.4, -0.2) is 54.0 Å². The Balaban J connectivity index is 1.47. The van der Waals surface area contributed by atoms with Gasteiger partial charge >= 0.3 is 5.97 Å². The van der Waals surface area contributed by atoms with E-state index in [1.807, 2.05) is 24.3 Å². The van der Waals surface area contributed by atoms with E-state index in [4.69, 9.17) is 9.47 Å². The zero-order chi connectivity index (χ0) is 19.9. The topological polar surface area (TPSA) is 120 Å². The number of amides is 1. The van der Waals surface area contributed by atoms with E-state index in [2.05, 4.69) is 20.0 Å². The summed E-state index contributed by atoms with van der Waals surface area (Å²) in [5.74, 6) is 0.639. The molecule has 0 aliphatic carbocycles. The number of hydrogen-bond donors (Lipinski definition) is 2. The number of carbonyl (C=O) groups is 2. The van der Waals surface area contributed by atoms with Gasteiger partial charge in [-0.15, -0.1) is 0 Å². The number of nitrogens with zero attached hydrogens (tertiary/aromatic N) is 1. The minimum atomic E-state index is -0.497. The number of hydrogen-bond acceptors (Lipinski definition) is 8. The van der Waals surface area contributed by atoms with E-state index in [0.717, 1.165) is 11.8 Å². The van der Waals surface area contributed by atoms with Gasteiger partial charge in [-0.25, -0.2) is 4.98 Å².